The summed E-state index contributed by atoms with van der Waals surface area (Å²) in [6, 6.07) is 5.37. The minimum absolute atomic E-state index is 0. The van der Waals surface area contributed by atoms with Crippen LogP contribution in [0.3, 0.4) is 0 Å². The molecule has 0 aliphatic carbocycles. The predicted octanol–water partition coefficient (Wildman–Crippen LogP) is 0.693. The van der Waals surface area contributed by atoms with Crippen molar-refractivity contribution in [3.05, 3.63) is 41.5 Å². The number of aromatic nitrogens is 3. The second-order valence-corrected chi connectivity index (χ2v) is 7.55. The highest BCUT2D eigenvalue weighted by Crippen LogP contribution is 2.16. The highest BCUT2D eigenvalue weighted by molar-refractivity contribution is 14.0. The molecule has 2 aromatic rings. The largest absolute Gasteiger partial charge is 0.355 e. The van der Waals surface area contributed by atoms with E-state index in [0.29, 0.717) is 23.9 Å². The zero-order chi connectivity index (χ0) is 19.2. The van der Waals surface area contributed by atoms with Crippen molar-refractivity contribution in [2.45, 2.75) is 25.3 Å². The van der Waals surface area contributed by atoms with Crippen molar-refractivity contribution in [1.82, 2.24) is 30.1 Å². The number of aryl methyl sites for hydroxylation is 3. The van der Waals surface area contributed by atoms with E-state index in [1.165, 1.54) is 6.33 Å². The van der Waals surface area contributed by atoms with E-state index in [9.17, 15) is 8.42 Å². The second kappa shape index (κ2) is 10.6. The van der Waals surface area contributed by atoms with Crippen LogP contribution in [0.15, 0.2) is 34.4 Å². The summed E-state index contributed by atoms with van der Waals surface area (Å²) in [7, 11) is -0.0904. The van der Waals surface area contributed by atoms with Crippen molar-refractivity contribution in [1.29, 1.82) is 0 Å². The first-order valence-corrected chi connectivity index (χ1v) is 9.66. The Hall–Kier alpha value is -1.73. The summed E-state index contributed by atoms with van der Waals surface area (Å²) < 4.78 is 29.1. The lowest BCUT2D eigenvalue weighted by molar-refractivity contribution is 0.579. The standard InChI is InChI=1S/C16H25N7O2S.HI/c1-12-5-6-13(2)14(9-12)26(24,25)22-8-7-18-16(17-3)19-10-15-20-11-21-23(15)4;/h5-6,9,11,22H,7-8,10H2,1-4H3,(H2,17,18,19);1H. The average Bonchev–Trinajstić information content (AvgIpc) is 3.01. The third kappa shape index (κ3) is 6.74. The third-order valence-electron chi connectivity index (χ3n) is 3.79. The summed E-state index contributed by atoms with van der Waals surface area (Å²) in [5, 5.41) is 10.1. The molecule has 1 aromatic heterocycles. The molecule has 3 N–H and O–H groups in total. The van der Waals surface area contributed by atoms with Crippen molar-refractivity contribution in [2.75, 3.05) is 20.1 Å². The zero-order valence-electron chi connectivity index (χ0n) is 15.9. The van der Waals surface area contributed by atoms with Gasteiger partial charge in [0, 0.05) is 27.2 Å². The van der Waals surface area contributed by atoms with E-state index in [2.05, 4.69) is 30.4 Å². The molecule has 0 radical (unpaired) electrons. The summed E-state index contributed by atoms with van der Waals surface area (Å²) in [6.45, 7) is 4.74. The number of hydrogen-bond donors (Lipinski definition) is 3. The lowest BCUT2D eigenvalue weighted by atomic mass is 10.2. The lowest BCUT2D eigenvalue weighted by Crippen LogP contribution is -2.41. The predicted molar refractivity (Wildman–Crippen MR) is 116 cm³/mol. The van der Waals surface area contributed by atoms with E-state index in [0.717, 1.165) is 17.0 Å². The first-order chi connectivity index (χ1) is 12.3. The number of hydrogen-bond acceptors (Lipinski definition) is 5. The Bertz CT molecular complexity index is 881. The van der Waals surface area contributed by atoms with E-state index < -0.39 is 10.0 Å². The highest BCUT2D eigenvalue weighted by Gasteiger charge is 2.16. The van der Waals surface area contributed by atoms with Gasteiger partial charge < -0.3 is 10.6 Å². The Morgan fingerprint density at radius 1 is 1.22 bits per heavy atom. The van der Waals surface area contributed by atoms with Gasteiger partial charge in [-0.2, -0.15) is 5.10 Å². The molecule has 0 spiro atoms. The molecule has 0 aliphatic rings. The number of guanidine groups is 1. The number of aliphatic imine (C=N–C) groups is 1. The van der Waals surface area contributed by atoms with Gasteiger partial charge in [-0.3, -0.25) is 9.67 Å². The van der Waals surface area contributed by atoms with Crippen LogP contribution < -0.4 is 15.4 Å². The van der Waals surface area contributed by atoms with E-state index >= 15 is 0 Å². The normalized spacial score (nSPS) is 11.8. The van der Waals surface area contributed by atoms with Crippen molar-refractivity contribution in [2.24, 2.45) is 12.0 Å². The third-order valence-corrected chi connectivity index (χ3v) is 5.39. The summed E-state index contributed by atoms with van der Waals surface area (Å²) in [5.74, 6) is 1.32. The number of sulfonamides is 1. The van der Waals surface area contributed by atoms with Gasteiger partial charge in [0.05, 0.1) is 11.4 Å². The van der Waals surface area contributed by atoms with Crippen molar-refractivity contribution in [3.63, 3.8) is 0 Å². The van der Waals surface area contributed by atoms with Gasteiger partial charge in [-0.1, -0.05) is 12.1 Å². The van der Waals surface area contributed by atoms with E-state index in [1.54, 1.807) is 30.8 Å². The first kappa shape index (κ1) is 23.3. The molecule has 9 nitrogen and oxygen atoms in total. The molecule has 150 valence electrons. The summed E-state index contributed by atoms with van der Waals surface area (Å²) in [6.07, 6.45) is 1.48. The van der Waals surface area contributed by atoms with Gasteiger partial charge in [-0.25, -0.2) is 18.1 Å². The molecule has 11 heteroatoms. The molecule has 0 atom stereocenters. The summed E-state index contributed by atoms with van der Waals surface area (Å²) >= 11 is 0. The van der Waals surface area contributed by atoms with Gasteiger partial charge >= 0.3 is 0 Å². The first-order valence-electron chi connectivity index (χ1n) is 8.18. The molecular formula is C16H26IN7O2S. The molecule has 0 amide bonds. The van der Waals surface area contributed by atoms with Crippen molar-refractivity contribution in [3.8, 4) is 0 Å². The molecular weight excluding hydrogens is 481 g/mol. The van der Waals surface area contributed by atoms with Crippen molar-refractivity contribution < 1.29 is 8.42 Å². The Morgan fingerprint density at radius 3 is 2.59 bits per heavy atom. The number of benzene rings is 1. The smallest absolute Gasteiger partial charge is 0.240 e. The molecule has 0 aliphatic heterocycles. The van der Waals surface area contributed by atoms with Crippen LogP contribution in [0.1, 0.15) is 17.0 Å². The van der Waals surface area contributed by atoms with Crippen LogP contribution in [0.25, 0.3) is 0 Å². The molecule has 0 saturated carbocycles. The van der Waals surface area contributed by atoms with Crippen LogP contribution in [-0.2, 0) is 23.6 Å². The van der Waals surface area contributed by atoms with Gasteiger partial charge in [0.2, 0.25) is 10.0 Å². The van der Waals surface area contributed by atoms with Crippen LogP contribution in [-0.4, -0.2) is 49.3 Å². The van der Waals surface area contributed by atoms with Crippen LogP contribution in [0.4, 0.5) is 0 Å². The zero-order valence-corrected chi connectivity index (χ0v) is 19.0. The number of nitrogens with one attached hydrogen (secondary N) is 3. The monoisotopic (exact) mass is 507 g/mol. The maximum atomic E-state index is 12.4. The molecule has 0 fully saturated rings. The summed E-state index contributed by atoms with van der Waals surface area (Å²) in [4.78, 5) is 8.52. The molecule has 0 bridgehead atoms. The number of rotatable bonds is 7. The molecule has 27 heavy (non-hydrogen) atoms. The average molecular weight is 507 g/mol. The van der Waals surface area contributed by atoms with E-state index in [1.807, 2.05) is 20.0 Å². The van der Waals surface area contributed by atoms with Gasteiger partial charge in [-0.05, 0) is 31.0 Å². The summed E-state index contributed by atoms with van der Waals surface area (Å²) in [5.41, 5.74) is 1.62. The Balaban J connectivity index is 0.00000364. The Morgan fingerprint density at radius 2 is 1.96 bits per heavy atom. The van der Waals surface area contributed by atoms with Gasteiger partial charge in [-0.15, -0.1) is 24.0 Å². The molecule has 1 aromatic carbocycles. The van der Waals surface area contributed by atoms with Gasteiger partial charge in [0.15, 0.2) is 5.96 Å². The molecule has 0 unspecified atom stereocenters. The molecule has 1 heterocycles. The number of nitrogens with zero attached hydrogens (tertiary/aromatic N) is 4. The minimum Gasteiger partial charge on any atom is -0.355 e. The topological polar surface area (TPSA) is 113 Å². The minimum atomic E-state index is -3.54. The fourth-order valence-electron chi connectivity index (χ4n) is 2.30. The fraction of sp³-hybridized carbons (Fsp3) is 0.438. The van der Waals surface area contributed by atoms with Gasteiger partial charge in [0.25, 0.3) is 0 Å². The molecule has 2 rings (SSSR count). The Kier molecular flexibility index (Phi) is 9.12. The SMILES string of the molecule is CN=C(NCCNS(=O)(=O)c1cc(C)ccc1C)NCc1ncnn1C.I. The van der Waals surface area contributed by atoms with E-state index in [-0.39, 0.29) is 30.5 Å². The fourth-order valence-corrected chi connectivity index (χ4v) is 3.66. The van der Waals surface area contributed by atoms with Crippen LogP contribution in [0.5, 0.6) is 0 Å². The van der Waals surface area contributed by atoms with Crippen molar-refractivity contribution >= 4 is 40.0 Å². The van der Waals surface area contributed by atoms with E-state index in [4.69, 9.17) is 0 Å². The maximum absolute atomic E-state index is 12.4. The van der Waals surface area contributed by atoms with Gasteiger partial charge in [0.1, 0.15) is 12.2 Å². The second-order valence-electron chi connectivity index (χ2n) is 5.82. The quantitative estimate of drug-likeness (QED) is 0.220. The van der Waals surface area contributed by atoms with Crippen LogP contribution in [0, 0.1) is 13.8 Å². The maximum Gasteiger partial charge on any atom is 0.240 e. The Labute approximate surface area is 177 Å². The highest BCUT2D eigenvalue weighted by atomic mass is 127. The number of halogens is 1. The van der Waals surface area contributed by atoms with Crippen LogP contribution in [0.2, 0.25) is 0 Å². The lowest BCUT2D eigenvalue weighted by Gasteiger charge is -2.13. The molecule has 0 saturated heterocycles. The van der Waals surface area contributed by atoms with Crippen LogP contribution >= 0.6 is 24.0 Å².